The van der Waals surface area contributed by atoms with E-state index in [0.717, 1.165) is 18.6 Å². The van der Waals surface area contributed by atoms with Gasteiger partial charge in [0.2, 0.25) is 0 Å². The molecule has 0 atom stereocenters. The first-order valence-corrected chi connectivity index (χ1v) is 13.9. The second-order valence-electron chi connectivity index (χ2n) is 8.77. The normalized spacial score (nSPS) is 10.0. The van der Waals surface area contributed by atoms with Crippen molar-refractivity contribution in [2.24, 2.45) is 0 Å². The molecule has 2 rings (SSSR count). The molecule has 0 aliphatic heterocycles. The van der Waals surface area contributed by atoms with Crippen molar-refractivity contribution in [2.45, 2.75) is 113 Å². The first-order valence-electron chi connectivity index (χ1n) is 13.2. The molecule has 0 bridgehead atoms. The molecular formula is C32H54S. The fraction of sp³-hybridized carbons (Fsp3) is 0.562. The van der Waals surface area contributed by atoms with Gasteiger partial charge in [-0.05, 0) is 66.2 Å². The van der Waals surface area contributed by atoms with Crippen LogP contribution in [0.3, 0.4) is 0 Å². The molecular weight excluding hydrogens is 416 g/mol. The van der Waals surface area contributed by atoms with Crippen LogP contribution in [0.2, 0.25) is 0 Å². The van der Waals surface area contributed by atoms with Crippen LogP contribution in [0.25, 0.3) is 0 Å². The molecule has 0 nitrogen and oxygen atoms in total. The fourth-order valence-electron chi connectivity index (χ4n) is 3.45. The molecule has 0 saturated carbocycles. The van der Waals surface area contributed by atoms with Gasteiger partial charge in [-0.1, -0.05) is 123 Å². The summed E-state index contributed by atoms with van der Waals surface area (Å²) < 4.78 is 0. The van der Waals surface area contributed by atoms with E-state index in [0.29, 0.717) is 0 Å². The van der Waals surface area contributed by atoms with Gasteiger partial charge in [0.1, 0.15) is 0 Å². The van der Waals surface area contributed by atoms with Crippen molar-refractivity contribution in [3.63, 3.8) is 0 Å². The predicted molar refractivity (Wildman–Crippen MR) is 158 cm³/mol. The van der Waals surface area contributed by atoms with Crippen molar-refractivity contribution in [1.29, 1.82) is 0 Å². The zero-order valence-corrected chi connectivity index (χ0v) is 24.3. The number of aryl methyl sites for hydroxylation is 3. The maximum absolute atomic E-state index is 3.81. The van der Waals surface area contributed by atoms with Gasteiger partial charge in [-0.3, -0.25) is 0 Å². The number of allylic oxidation sites excluding steroid dienone is 1. The van der Waals surface area contributed by atoms with Crippen LogP contribution in [-0.2, 0) is 18.3 Å². The number of benzene rings is 2. The molecule has 0 fully saturated rings. The number of hydrogen-bond acceptors (Lipinski definition) is 1. The molecule has 2 aromatic carbocycles. The van der Waals surface area contributed by atoms with Crippen LogP contribution in [0.15, 0.2) is 55.1 Å². The third-order valence-electron chi connectivity index (χ3n) is 5.43. The van der Waals surface area contributed by atoms with Gasteiger partial charge >= 0.3 is 0 Å². The van der Waals surface area contributed by atoms with E-state index in [1.165, 1.54) is 59.9 Å². The summed E-state index contributed by atoms with van der Waals surface area (Å²) in [5.41, 5.74) is 7.15. The molecule has 188 valence electrons. The van der Waals surface area contributed by atoms with Crippen LogP contribution in [0.1, 0.15) is 115 Å². The molecule has 0 spiro atoms. The van der Waals surface area contributed by atoms with Crippen molar-refractivity contribution in [3.05, 3.63) is 82.9 Å². The summed E-state index contributed by atoms with van der Waals surface area (Å²) >= 11 is 3.79. The summed E-state index contributed by atoms with van der Waals surface area (Å²) in [7, 11) is 0. The zero-order valence-electron chi connectivity index (χ0n) is 23.4. The Kier molecular flexibility index (Phi) is 21.5. The van der Waals surface area contributed by atoms with Gasteiger partial charge in [-0.15, -0.1) is 6.58 Å². The Balaban J connectivity index is 0. The lowest BCUT2D eigenvalue weighted by Gasteiger charge is -2.27. The SMILES string of the molecule is C=CCCc1ccc(C(C)(C)c2ccc(CCCCC)c(C)c2)cc1.CC.CCC.CCS. The standard InChI is InChI=1S/C25H34.C3H8.C2H6S.C2H6/c1-6-8-10-12-22-15-18-24(19-20(22)3)25(4,5)23-16-13-21(14-17-23)11-9-7-2;1-3-2;1-2-3;1-2/h7,13-19H,2,6,8-12H2,1,3-5H3;3H2,1-2H3;3H,2H2,1H3;1-2H3. The van der Waals surface area contributed by atoms with E-state index in [1.54, 1.807) is 0 Å². The van der Waals surface area contributed by atoms with Gasteiger partial charge in [0.05, 0.1) is 0 Å². The number of thiol groups is 1. The van der Waals surface area contributed by atoms with Crippen molar-refractivity contribution < 1.29 is 0 Å². The van der Waals surface area contributed by atoms with E-state index in [4.69, 9.17) is 0 Å². The molecule has 0 N–H and O–H groups in total. The van der Waals surface area contributed by atoms with E-state index in [9.17, 15) is 0 Å². The molecule has 1 heteroatoms. The third-order valence-corrected chi connectivity index (χ3v) is 5.43. The highest BCUT2D eigenvalue weighted by Gasteiger charge is 2.23. The summed E-state index contributed by atoms with van der Waals surface area (Å²) in [5.74, 6) is 0.944. The van der Waals surface area contributed by atoms with Crippen molar-refractivity contribution >= 4 is 12.6 Å². The summed E-state index contributed by atoms with van der Waals surface area (Å²) in [6.45, 7) is 23.2. The smallest absolute Gasteiger partial charge is 0.0146 e. The average molecular weight is 471 g/mol. The summed E-state index contributed by atoms with van der Waals surface area (Å²) in [6.07, 6.45) is 10.5. The van der Waals surface area contributed by atoms with Gasteiger partial charge in [0.25, 0.3) is 0 Å². The van der Waals surface area contributed by atoms with Crippen LogP contribution in [0, 0.1) is 6.92 Å². The molecule has 0 aromatic heterocycles. The minimum absolute atomic E-state index is 0.0314. The second kappa shape index (κ2) is 21.1. The Labute approximate surface area is 213 Å². The van der Waals surface area contributed by atoms with Gasteiger partial charge in [0.15, 0.2) is 0 Å². The van der Waals surface area contributed by atoms with Crippen molar-refractivity contribution in [2.75, 3.05) is 5.75 Å². The molecule has 0 amide bonds. The summed E-state index contributed by atoms with van der Waals surface area (Å²) in [4.78, 5) is 0. The van der Waals surface area contributed by atoms with Crippen LogP contribution in [0.4, 0.5) is 0 Å². The minimum Gasteiger partial charge on any atom is -0.180 e. The highest BCUT2D eigenvalue weighted by Crippen LogP contribution is 2.33. The fourth-order valence-corrected chi connectivity index (χ4v) is 3.45. The quantitative estimate of drug-likeness (QED) is 0.210. The average Bonchev–Trinajstić information content (AvgIpc) is 2.81. The Morgan fingerprint density at radius 3 is 1.82 bits per heavy atom. The Morgan fingerprint density at radius 1 is 0.848 bits per heavy atom. The number of rotatable bonds is 9. The van der Waals surface area contributed by atoms with Gasteiger partial charge in [-0.25, -0.2) is 0 Å². The van der Waals surface area contributed by atoms with Gasteiger partial charge in [0, 0.05) is 5.41 Å². The highest BCUT2D eigenvalue weighted by molar-refractivity contribution is 7.80. The van der Waals surface area contributed by atoms with Crippen LogP contribution < -0.4 is 0 Å². The van der Waals surface area contributed by atoms with Crippen LogP contribution >= 0.6 is 12.6 Å². The molecule has 0 saturated heterocycles. The Morgan fingerprint density at radius 2 is 1.36 bits per heavy atom. The molecule has 2 aromatic rings. The van der Waals surface area contributed by atoms with Gasteiger partial charge in [-0.2, -0.15) is 12.6 Å². The van der Waals surface area contributed by atoms with Gasteiger partial charge < -0.3 is 0 Å². The van der Waals surface area contributed by atoms with Crippen LogP contribution in [0.5, 0.6) is 0 Å². The molecule has 0 heterocycles. The van der Waals surface area contributed by atoms with E-state index in [2.05, 4.69) is 103 Å². The molecule has 0 aliphatic rings. The minimum atomic E-state index is 0.0314. The summed E-state index contributed by atoms with van der Waals surface area (Å²) in [6, 6.07) is 16.2. The second-order valence-corrected chi connectivity index (χ2v) is 9.40. The van der Waals surface area contributed by atoms with E-state index >= 15 is 0 Å². The maximum Gasteiger partial charge on any atom is 0.0146 e. The lowest BCUT2D eigenvalue weighted by Crippen LogP contribution is -2.19. The lowest BCUT2D eigenvalue weighted by atomic mass is 9.77. The first kappa shape index (κ1) is 33.7. The topological polar surface area (TPSA) is 0 Å². The molecule has 33 heavy (non-hydrogen) atoms. The van der Waals surface area contributed by atoms with E-state index in [-0.39, 0.29) is 5.41 Å². The van der Waals surface area contributed by atoms with Crippen molar-refractivity contribution in [3.8, 4) is 0 Å². The van der Waals surface area contributed by atoms with E-state index < -0.39 is 0 Å². The predicted octanol–water partition coefficient (Wildman–Crippen LogP) is 10.6. The lowest BCUT2D eigenvalue weighted by molar-refractivity contribution is 0.638. The number of hydrogen-bond donors (Lipinski definition) is 1. The van der Waals surface area contributed by atoms with E-state index in [1.807, 2.05) is 26.8 Å². The largest absolute Gasteiger partial charge is 0.180 e. The third kappa shape index (κ3) is 13.7. The molecule has 0 unspecified atom stereocenters. The molecule has 0 aliphatic carbocycles. The summed E-state index contributed by atoms with van der Waals surface area (Å²) in [5, 5.41) is 0. The molecule has 0 radical (unpaired) electrons. The monoisotopic (exact) mass is 470 g/mol. The first-order chi connectivity index (χ1) is 15.8. The number of unbranched alkanes of at least 4 members (excludes halogenated alkanes) is 2. The van der Waals surface area contributed by atoms with Crippen LogP contribution in [-0.4, -0.2) is 5.75 Å². The Hall–Kier alpha value is -1.47. The zero-order chi connectivity index (χ0) is 25.7. The highest BCUT2D eigenvalue weighted by atomic mass is 32.1. The Bertz CT molecular complexity index is 708. The maximum atomic E-state index is 3.81. The van der Waals surface area contributed by atoms with Crippen molar-refractivity contribution in [1.82, 2.24) is 0 Å².